The third-order valence-corrected chi connectivity index (χ3v) is 4.08. The minimum absolute atomic E-state index is 0.751. The van der Waals surface area contributed by atoms with Gasteiger partial charge in [0.1, 0.15) is 0 Å². The number of carbonyl (C=O) groups excluding carboxylic acids is 1. The molecule has 0 aliphatic carbocycles. The molecule has 0 N–H and O–H groups in total. The fourth-order valence-corrected chi connectivity index (χ4v) is 2.73. The summed E-state index contributed by atoms with van der Waals surface area (Å²) in [6.07, 6.45) is 0.872. The smallest absolute Gasteiger partial charge is 0.160 e. The number of benzene rings is 1. The molecule has 1 aromatic heterocycles. The highest BCUT2D eigenvalue weighted by molar-refractivity contribution is 9.10. The molecule has 0 unspecified atom stereocenters. The average molecular weight is 273 g/mol. The Morgan fingerprint density at radius 3 is 2.85 bits per heavy atom. The van der Waals surface area contributed by atoms with Crippen LogP contribution in [0.3, 0.4) is 0 Å². The second-order valence-electron chi connectivity index (χ2n) is 2.61. The molecule has 0 aliphatic heterocycles. The Bertz CT molecular complexity index is 437. The monoisotopic (exact) mass is 272 g/mol. The molecular formula is C9H5BrOS2. The van der Waals surface area contributed by atoms with Gasteiger partial charge in [0.05, 0.1) is 4.88 Å². The van der Waals surface area contributed by atoms with E-state index in [1.165, 1.54) is 11.3 Å². The summed E-state index contributed by atoms with van der Waals surface area (Å²) in [4.78, 5) is 12.2. The van der Waals surface area contributed by atoms with Crippen LogP contribution in [-0.2, 0) is 0 Å². The number of halogens is 1. The normalized spacial score (nSPS) is 10.6. The van der Waals surface area contributed by atoms with Gasteiger partial charge < -0.3 is 0 Å². The van der Waals surface area contributed by atoms with E-state index in [4.69, 9.17) is 0 Å². The maximum absolute atomic E-state index is 10.5. The summed E-state index contributed by atoms with van der Waals surface area (Å²) in [6.45, 7) is 0. The van der Waals surface area contributed by atoms with Gasteiger partial charge in [0, 0.05) is 14.1 Å². The lowest BCUT2D eigenvalue weighted by Gasteiger charge is -1.95. The van der Waals surface area contributed by atoms with Gasteiger partial charge in [-0.2, -0.15) is 0 Å². The quantitative estimate of drug-likeness (QED) is 0.618. The van der Waals surface area contributed by atoms with Crippen LogP contribution in [0.4, 0.5) is 0 Å². The van der Waals surface area contributed by atoms with Gasteiger partial charge in [0.25, 0.3) is 0 Å². The lowest BCUT2D eigenvalue weighted by Crippen LogP contribution is -1.68. The highest BCUT2D eigenvalue weighted by Gasteiger charge is 2.03. The summed E-state index contributed by atoms with van der Waals surface area (Å²) in [5.41, 5.74) is 0. The van der Waals surface area contributed by atoms with Crippen molar-refractivity contribution in [3.8, 4) is 0 Å². The first-order valence-corrected chi connectivity index (χ1v) is 5.63. The first-order chi connectivity index (χ1) is 6.20. The predicted octanol–water partition coefficient (Wildman–Crippen LogP) is 3.77. The summed E-state index contributed by atoms with van der Waals surface area (Å²) < 4.78 is 2.06. The van der Waals surface area contributed by atoms with Crippen molar-refractivity contribution in [2.24, 2.45) is 0 Å². The lowest BCUT2D eigenvalue weighted by molar-refractivity contribution is 0.112. The molecule has 0 saturated carbocycles. The van der Waals surface area contributed by atoms with Gasteiger partial charge in [-0.25, -0.2) is 0 Å². The van der Waals surface area contributed by atoms with E-state index < -0.39 is 0 Å². The third-order valence-electron chi connectivity index (χ3n) is 1.72. The highest BCUT2D eigenvalue weighted by Crippen LogP contribution is 2.31. The number of hydrogen-bond donors (Lipinski definition) is 1. The first kappa shape index (κ1) is 9.24. The van der Waals surface area contributed by atoms with Crippen LogP contribution >= 0.6 is 39.9 Å². The second-order valence-corrected chi connectivity index (χ2v) is 5.06. The Labute approximate surface area is 93.3 Å². The fourth-order valence-electron chi connectivity index (χ4n) is 1.13. The molecule has 1 heterocycles. The number of rotatable bonds is 1. The number of fused-ring (bicyclic) bond motifs is 1. The number of aldehydes is 1. The zero-order valence-corrected chi connectivity index (χ0v) is 9.75. The lowest BCUT2D eigenvalue weighted by atomic mass is 10.2. The van der Waals surface area contributed by atoms with Crippen LogP contribution in [0.15, 0.2) is 27.6 Å². The molecule has 0 spiro atoms. The van der Waals surface area contributed by atoms with Crippen LogP contribution in [0.2, 0.25) is 0 Å². The molecule has 0 fully saturated rings. The van der Waals surface area contributed by atoms with E-state index in [0.29, 0.717) is 0 Å². The average Bonchev–Trinajstić information content (AvgIpc) is 2.48. The van der Waals surface area contributed by atoms with E-state index in [-0.39, 0.29) is 0 Å². The third kappa shape index (κ3) is 1.66. The number of carbonyl (C=O) groups is 1. The molecule has 2 aromatic rings. The summed E-state index contributed by atoms with van der Waals surface area (Å²) in [5, 5.41) is 1.07. The predicted molar refractivity (Wildman–Crippen MR) is 62.2 cm³/mol. The van der Waals surface area contributed by atoms with E-state index in [9.17, 15) is 4.79 Å². The van der Waals surface area contributed by atoms with Gasteiger partial charge in [0.2, 0.25) is 0 Å². The SMILES string of the molecule is O=Cc1cc2cc(S)c(Br)cc2s1. The Kier molecular flexibility index (Phi) is 2.45. The molecule has 1 nitrogen and oxygen atoms in total. The molecular weight excluding hydrogens is 268 g/mol. The zero-order valence-electron chi connectivity index (χ0n) is 6.45. The van der Waals surface area contributed by atoms with Crippen molar-refractivity contribution in [2.45, 2.75) is 4.90 Å². The molecule has 0 saturated heterocycles. The highest BCUT2D eigenvalue weighted by atomic mass is 79.9. The molecule has 66 valence electrons. The second kappa shape index (κ2) is 3.44. The van der Waals surface area contributed by atoms with Crippen LogP contribution in [-0.4, -0.2) is 6.29 Å². The molecule has 0 radical (unpaired) electrons. The minimum atomic E-state index is 0.751. The van der Waals surface area contributed by atoms with E-state index in [1.807, 2.05) is 18.2 Å². The number of thiophene rings is 1. The summed E-state index contributed by atoms with van der Waals surface area (Å²) in [7, 11) is 0. The van der Waals surface area contributed by atoms with Crippen molar-refractivity contribution in [3.63, 3.8) is 0 Å². The molecule has 1 aromatic carbocycles. The molecule has 2 rings (SSSR count). The van der Waals surface area contributed by atoms with Crippen molar-refractivity contribution in [1.82, 2.24) is 0 Å². The molecule has 13 heavy (non-hydrogen) atoms. The van der Waals surface area contributed by atoms with E-state index in [1.54, 1.807) is 0 Å². The summed E-state index contributed by atoms with van der Waals surface area (Å²) >= 11 is 9.16. The minimum Gasteiger partial charge on any atom is -0.297 e. The number of thiol groups is 1. The topological polar surface area (TPSA) is 17.1 Å². The van der Waals surface area contributed by atoms with Crippen LogP contribution in [0.1, 0.15) is 9.67 Å². The van der Waals surface area contributed by atoms with Crippen molar-refractivity contribution in [2.75, 3.05) is 0 Å². The Morgan fingerprint density at radius 1 is 1.38 bits per heavy atom. The van der Waals surface area contributed by atoms with Gasteiger partial charge in [-0.15, -0.1) is 24.0 Å². The van der Waals surface area contributed by atoms with Gasteiger partial charge in [-0.05, 0) is 39.5 Å². The van der Waals surface area contributed by atoms with Crippen molar-refractivity contribution < 1.29 is 4.79 Å². The fraction of sp³-hybridized carbons (Fsp3) is 0. The van der Waals surface area contributed by atoms with E-state index in [0.717, 1.165) is 30.6 Å². The van der Waals surface area contributed by atoms with Crippen molar-refractivity contribution >= 4 is 56.3 Å². The van der Waals surface area contributed by atoms with Crippen molar-refractivity contribution in [1.29, 1.82) is 0 Å². The number of hydrogen-bond acceptors (Lipinski definition) is 3. The van der Waals surface area contributed by atoms with Gasteiger partial charge in [-0.1, -0.05) is 0 Å². The Morgan fingerprint density at radius 2 is 2.15 bits per heavy atom. The van der Waals surface area contributed by atoms with Crippen LogP contribution in [0, 0.1) is 0 Å². The maximum Gasteiger partial charge on any atom is 0.160 e. The molecule has 4 heteroatoms. The maximum atomic E-state index is 10.5. The van der Waals surface area contributed by atoms with Gasteiger partial charge in [-0.3, -0.25) is 4.79 Å². The molecule has 0 bridgehead atoms. The van der Waals surface area contributed by atoms with Crippen LogP contribution in [0.25, 0.3) is 10.1 Å². The first-order valence-electron chi connectivity index (χ1n) is 3.58. The summed E-state index contributed by atoms with van der Waals surface area (Å²) in [5.74, 6) is 0. The zero-order chi connectivity index (χ0) is 9.42. The Balaban J connectivity index is 2.77. The van der Waals surface area contributed by atoms with E-state index >= 15 is 0 Å². The van der Waals surface area contributed by atoms with Gasteiger partial charge >= 0.3 is 0 Å². The standard InChI is InChI=1S/C9H5BrOS2/c10-7-3-9-5(2-8(7)12)1-6(4-11)13-9/h1-4,12H. The van der Waals surface area contributed by atoms with Gasteiger partial charge in [0.15, 0.2) is 6.29 Å². The Hall–Kier alpha value is -0.320. The van der Waals surface area contributed by atoms with Crippen LogP contribution < -0.4 is 0 Å². The molecule has 0 aliphatic rings. The van der Waals surface area contributed by atoms with E-state index in [2.05, 4.69) is 28.6 Å². The largest absolute Gasteiger partial charge is 0.297 e. The molecule has 0 amide bonds. The summed E-state index contributed by atoms with van der Waals surface area (Å²) in [6, 6.07) is 5.81. The van der Waals surface area contributed by atoms with Crippen molar-refractivity contribution in [3.05, 3.63) is 27.5 Å². The molecule has 0 atom stereocenters. The van der Waals surface area contributed by atoms with Crippen LogP contribution in [0.5, 0.6) is 0 Å².